The smallest absolute Gasteiger partial charge is 0.407 e. The van der Waals surface area contributed by atoms with E-state index in [-0.39, 0.29) is 43.9 Å². The molecule has 4 rings (SSSR count). The molecule has 0 bridgehead atoms. The maximum Gasteiger partial charge on any atom is 0.407 e. The van der Waals surface area contributed by atoms with Crippen molar-refractivity contribution in [2.45, 2.75) is 25.7 Å². The van der Waals surface area contributed by atoms with Gasteiger partial charge in [0.25, 0.3) is 0 Å². The third kappa shape index (κ3) is 5.82. The molecule has 35 heavy (non-hydrogen) atoms. The standard InChI is InChI=1S/C27H32N2O6/c1-2-18(13-25(30)29-11-12-34-16-19(15-29)26(31)32)14-28-27(33)35-17-24-22-9-5-3-7-20(22)21-8-4-6-10-23(21)24/h3-10,18-19,24H,2,11-17H2,1H3,(H,28,33)(H,31,32). The van der Waals surface area contributed by atoms with E-state index in [2.05, 4.69) is 29.6 Å². The van der Waals surface area contributed by atoms with Crippen LogP contribution in [0.1, 0.15) is 36.8 Å². The molecule has 2 amide bonds. The maximum absolute atomic E-state index is 12.8. The number of nitrogens with zero attached hydrogens (tertiary/aromatic N) is 1. The van der Waals surface area contributed by atoms with Crippen molar-refractivity contribution in [3.8, 4) is 11.1 Å². The highest BCUT2D eigenvalue weighted by molar-refractivity contribution is 5.79. The number of carboxylic acids is 1. The molecule has 2 aromatic carbocycles. The number of carbonyl (C=O) groups is 3. The summed E-state index contributed by atoms with van der Waals surface area (Å²) in [7, 11) is 0. The Bertz CT molecular complexity index is 1030. The third-order valence-electron chi connectivity index (χ3n) is 6.89. The van der Waals surface area contributed by atoms with Crippen molar-refractivity contribution in [1.82, 2.24) is 10.2 Å². The Labute approximate surface area is 205 Å². The molecule has 1 heterocycles. The van der Waals surface area contributed by atoms with Gasteiger partial charge in [0, 0.05) is 32.0 Å². The van der Waals surface area contributed by atoms with E-state index in [0.29, 0.717) is 26.1 Å². The van der Waals surface area contributed by atoms with Gasteiger partial charge in [0.1, 0.15) is 6.61 Å². The molecule has 2 aromatic rings. The Balaban J connectivity index is 1.28. The minimum atomic E-state index is -0.964. The zero-order valence-electron chi connectivity index (χ0n) is 19.9. The molecular weight excluding hydrogens is 448 g/mol. The van der Waals surface area contributed by atoms with Gasteiger partial charge in [-0.05, 0) is 28.2 Å². The van der Waals surface area contributed by atoms with Crippen molar-refractivity contribution in [1.29, 1.82) is 0 Å². The molecule has 2 N–H and O–H groups in total. The number of benzene rings is 2. The van der Waals surface area contributed by atoms with Crippen LogP contribution in [0.15, 0.2) is 48.5 Å². The minimum Gasteiger partial charge on any atom is -0.481 e. The molecule has 1 aliphatic heterocycles. The molecule has 0 aromatic heterocycles. The number of nitrogens with one attached hydrogen (secondary N) is 1. The lowest BCUT2D eigenvalue weighted by molar-refractivity contribution is -0.144. The van der Waals surface area contributed by atoms with Crippen LogP contribution in [-0.4, -0.2) is 67.4 Å². The Morgan fingerprint density at radius 3 is 2.40 bits per heavy atom. The van der Waals surface area contributed by atoms with Gasteiger partial charge in [0.2, 0.25) is 5.91 Å². The molecule has 1 saturated heterocycles. The van der Waals surface area contributed by atoms with Gasteiger partial charge in [0.15, 0.2) is 0 Å². The summed E-state index contributed by atoms with van der Waals surface area (Å²) in [5.74, 6) is -1.89. The van der Waals surface area contributed by atoms with Crippen LogP contribution in [0.2, 0.25) is 0 Å². The van der Waals surface area contributed by atoms with Crippen molar-refractivity contribution in [3.63, 3.8) is 0 Å². The molecule has 2 unspecified atom stereocenters. The van der Waals surface area contributed by atoms with Crippen LogP contribution in [0.4, 0.5) is 4.79 Å². The number of rotatable bonds is 8. The Hall–Kier alpha value is -3.39. The molecule has 1 aliphatic carbocycles. The maximum atomic E-state index is 12.8. The van der Waals surface area contributed by atoms with E-state index in [1.165, 1.54) is 11.1 Å². The van der Waals surface area contributed by atoms with Gasteiger partial charge in [0.05, 0.1) is 19.1 Å². The fourth-order valence-electron chi connectivity index (χ4n) is 4.80. The monoisotopic (exact) mass is 480 g/mol. The van der Waals surface area contributed by atoms with Gasteiger partial charge in [-0.3, -0.25) is 9.59 Å². The van der Waals surface area contributed by atoms with Crippen molar-refractivity contribution in [2.75, 3.05) is 39.5 Å². The molecule has 0 saturated carbocycles. The van der Waals surface area contributed by atoms with Crippen LogP contribution >= 0.6 is 0 Å². The molecule has 1 fully saturated rings. The summed E-state index contributed by atoms with van der Waals surface area (Å²) in [4.78, 5) is 38.2. The normalized spacial score (nSPS) is 18.2. The van der Waals surface area contributed by atoms with Crippen LogP contribution in [0, 0.1) is 11.8 Å². The second-order valence-electron chi connectivity index (χ2n) is 9.13. The molecule has 0 radical (unpaired) electrons. The molecule has 0 spiro atoms. The summed E-state index contributed by atoms with van der Waals surface area (Å²) in [6, 6.07) is 16.3. The second-order valence-corrected chi connectivity index (χ2v) is 9.13. The first-order valence-corrected chi connectivity index (χ1v) is 12.1. The lowest BCUT2D eigenvalue weighted by Gasteiger charge is -2.24. The molecular formula is C27H32N2O6. The first kappa shape index (κ1) is 24.7. The SMILES string of the molecule is CCC(CNC(=O)OCC1c2ccccc2-c2ccccc21)CC(=O)N1CCOCC(C(=O)O)C1. The highest BCUT2D eigenvalue weighted by atomic mass is 16.5. The van der Waals surface area contributed by atoms with Crippen LogP contribution < -0.4 is 5.32 Å². The Morgan fingerprint density at radius 1 is 1.11 bits per heavy atom. The largest absolute Gasteiger partial charge is 0.481 e. The molecule has 2 atom stereocenters. The van der Waals surface area contributed by atoms with Crippen molar-refractivity contribution in [3.05, 3.63) is 59.7 Å². The number of alkyl carbamates (subject to hydrolysis) is 1. The zero-order valence-corrected chi connectivity index (χ0v) is 19.9. The van der Waals surface area contributed by atoms with E-state index in [9.17, 15) is 19.5 Å². The Morgan fingerprint density at radius 2 is 1.77 bits per heavy atom. The number of hydrogen-bond acceptors (Lipinski definition) is 5. The number of ether oxygens (including phenoxy) is 2. The lowest BCUT2D eigenvalue weighted by atomic mass is 9.98. The fraction of sp³-hybridized carbons (Fsp3) is 0.444. The van der Waals surface area contributed by atoms with Gasteiger partial charge >= 0.3 is 12.1 Å². The summed E-state index contributed by atoms with van der Waals surface area (Å²) < 4.78 is 10.9. The summed E-state index contributed by atoms with van der Waals surface area (Å²) in [5.41, 5.74) is 4.65. The van der Waals surface area contributed by atoms with Gasteiger partial charge < -0.3 is 24.8 Å². The van der Waals surface area contributed by atoms with Crippen molar-refractivity contribution in [2.24, 2.45) is 11.8 Å². The van der Waals surface area contributed by atoms with E-state index in [4.69, 9.17) is 9.47 Å². The third-order valence-corrected chi connectivity index (χ3v) is 6.89. The van der Waals surface area contributed by atoms with Crippen LogP contribution in [0.25, 0.3) is 11.1 Å². The highest BCUT2D eigenvalue weighted by Gasteiger charge is 2.30. The summed E-state index contributed by atoms with van der Waals surface area (Å²) in [5, 5.41) is 12.1. The van der Waals surface area contributed by atoms with E-state index >= 15 is 0 Å². The first-order chi connectivity index (χ1) is 17.0. The van der Waals surface area contributed by atoms with Crippen LogP contribution in [0.5, 0.6) is 0 Å². The number of aliphatic carboxylic acids is 1. The van der Waals surface area contributed by atoms with Gasteiger partial charge in [-0.1, -0.05) is 61.9 Å². The highest BCUT2D eigenvalue weighted by Crippen LogP contribution is 2.44. The topological polar surface area (TPSA) is 105 Å². The lowest BCUT2D eigenvalue weighted by Crippen LogP contribution is -2.40. The van der Waals surface area contributed by atoms with E-state index in [1.807, 2.05) is 31.2 Å². The minimum absolute atomic E-state index is 0.0101. The van der Waals surface area contributed by atoms with Crippen molar-refractivity contribution >= 4 is 18.0 Å². The number of carbonyl (C=O) groups excluding carboxylic acids is 2. The number of amides is 2. The van der Waals surface area contributed by atoms with E-state index in [0.717, 1.165) is 11.1 Å². The summed E-state index contributed by atoms with van der Waals surface area (Å²) >= 11 is 0. The fourth-order valence-corrected chi connectivity index (χ4v) is 4.80. The average Bonchev–Trinajstić information content (AvgIpc) is 3.00. The summed E-state index contributed by atoms with van der Waals surface area (Å²) in [6.07, 6.45) is 0.418. The molecule has 186 valence electrons. The number of fused-ring (bicyclic) bond motifs is 3. The second kappa shape index (κ2) is 11.4. The molecule has 2 aliphatic rings. The number of carboxylic acid groups (broad SMARTS) is 1. The van der Waals surface area contributed by atoms with Crippen LogP contribution in [-0.2, 0) is 19.1 Å². The predicted molar refractivity (Wildman–Crippen MR) is 130 cm³/mol. The summed E-state index contributed by atoms with van der Waals surface area (Å²) in [6.45, 7) is 3.46. The van der Waals surface area contributed by atoms with Crippen LogP contribution in [0.3, 0.4) is 0 Å². The number of hydrogen-bond donors (Lipinski definition) is 2. The van der Waals surface area contributed by atoms with Gasteiger partial charge in [-0.2, -0.15) is 0 Å². The first-order valence-electron chi connectivity index (χ1n) is 12.1. The van der Waals surface area contributed by atoms with Gasteiger partial charge in [-0.25, -0.2) is 4.79 Å². The molecule has 8 heteroatoms. The van der Waals surface area contributed by atoms with Crippen molar-refractivity contribution < 1.29 is 29.0 Å². The molecule has 8 nitrogen and oxygen atoms in total. The van der Waals surface area contributed by atoms with Gasteiger partial charge in [-0.15, -0.1) is 0 Å². The zero-order chi connectivity index (χ0) is 24.8. The average molecular weight is 481 g/mol. The quantitative estimate of drug-likeness (QED) is 0.599. The predicted octanol–water partition coefficient (Wildman–Crippen LogP) is 3.50. The van der Waals surface area contributed by atoms with E-state index in [1.54, 1.807) is 4.90 Å². The Kier molecular flexibility index (Phi) is 8.02. The van der Waals surface area contributed by atoms with E-state index < -0.39 is 18.0 Å².